The van der Waals surface area contributed by atoms with E-state index in [4.69, 9.17) is 4.74 Å². The molecule has 0 spiro atoms. The fourth-order valence-corrected chi connectivity index (χ4v) is 4.31. The summed E-state index contributed by atoms with van der Waals surface area (Å²) in [6, 6.07) is 7.48. The highest BCUT2D eigenvalue weighted by molar-refractivity contribution is 5.95. The van der Waals surface area contributed by atoms with E-state index in [0.29, 0.717) is 5.69 Å². The zero-order chi connectivity index (χ0) is 27.2. The molecular weight excluding hydrogens is 498 g/mol. The van der Waals surface area contributed by atoms with Gasteiger partial charge >= 0.3 is 12.3 Å². The number of ether oxygens (including phenoxy) is 1. The number of hydrogen-bond donors (Lipinski definition) is 1. The molecule has 1 aromatic carbocycles. The van der Waals surface area contributed by atoms with E-state index in [2.05, 4.69) is 10.4 Å². The first-order valence-corrected chi connectivity index (χ1v) is 11.8. The minimum Gasteiger partial charge on any atom is -0.447 e. The number of aromatic nitrogens is 2. The van der Waals surface area contributed by atoms with E-state index in [1.54, 1.807) is 49.1 Å². The number of carbonyl (C=O) groups is 3. The summed E-state index contributed by atoms with van der Waals surface area (Å²) in [5.74, 6) is -1.15. The van der Waals surface area contributed by atoms with Gasteiger partial charge in [-0.05, 0) is 32.4 Å². The maximum absolute atomic E-state index is 13.5. The number of alkyl halides is 4. The zero-order valence-corrected chi connectivity index (χ0v) is 20.5. The lowest BCUT2D eigenvalue weighted by atomic mass is 10.1. The predicted molar refractivity (Wildman–Crippen MR) is 125 cm³/mol. The van der Waals surface area contributed by atoms with Crippen molar-refractivity contribution >= 4 is 17.9 Å². The largest absolute Gasteiger partial charge is 0.447 e. The average molecular weight is 528 g/mol. The Kier molecular flexibility index (Phi) is 9.11. The van der Waals surface area contributed by atoms with Gasteiger partial charge in [0.2, 0.25) is 5.91 Å². The first-order valence-electron chi connectivity index (χ1n) is 11.8. The summed E-state index contributed by atoms with van der Waals surface area (Å²) in [6.07, 6.45) is -4.18. The molecule has 2 unspecified atom stereocenters. The van der Waals surface area contributed by atoms with Gasteiger partial charge in [0.1, 0.15) is 13.3 Å². The molecule has 1 aliphatic heterocycles. The molecule has 1 aromatic heterocycles. The number of para-hydroxylation sites is 1. The van der Waals surface area contributed by atoms with Crippen LogP contribution in [0.2, 0.25) is 0 Å². The number of carbonyl (C=O) groups excluding carboxylic acids is 3. The number of nitrogens with one attached hydrogen (secondary N) is 1. The number of benzene rings is 1. The third kappa shape index (κ3) is 6.98. The van der Waals surface area contributed by atoms with Gasteiger partial charge in [0, 0.05) is 44.3 Å². The Bertz CT molecular complexity index is 1080. The Labute approximate surface area is 211 Å². The molecule has 1 N–H and O–H groups in total. The summed E-state index contributed by atoms with van der Waals surface area (Å²) in [5, 5.41) is 5.99. The number of nitrogens with zero attached hydrogens (tertiary/aromatic N) is 4. The lowest BCUT2D eigenvalue weighted by molar-refractivity contribution is -0.141. The van der Waals surface area contributed by atoms with Crippen molar-refractivity contribution in [2.45, 2.75) is 44.9 Å². The number of piperazine rings is 1. The zero-order valence-electron chi connectivity index (χ0n) is 20.5. The molecule has 2 aromatic rings. The molecule has 37 heavy (non-hydrogen) atoms. The molecule has 1 fully saturated rings. The van der Waals surface area contributed by atoms with Crippen LogP contribution in [0.4, 0.5) is 22.4 Å². The van der Waals surface area contributed by atoms with E-state index in [0.717, 1.165) is 10.9 Å². The van der Waals surface area contributed by atoms with Crippen LogP contribution in [0.3, 0.4) is 0 Å². The molecule has 1 saturated heterocycles. The van der Waals surface area contributed by atoms with Crippen molar-refractivity contribution in [3.8, 4) is 5.69 Å². The van der Waals surface area contributed by atoms with Crippen LogP contribution >= 0.6 is 0 Å². The number of halogens is 4. The molecule has 9 nitrogen and oxygen atoms in total. The quantitative estimate of drug-likeness (QED) is 0.419. The van der Waals surface area contributed by atoms with Crippen molar-refractivity contribution in [3.63, 3.8) is 0 Å². The summed E-state index contributed by atoms with van der Waals surface area (Å²) >= 11 is 0. The Morgan fingerprint density at radius 3 is 2.35 bits per heavy atom. The minimum atomic E-state index is -4.82. The molecule has 1 aliphatic rings. The number of hydrogen-bond acceptors (Lipinski definition) is 5. The van der Waals surface area contributed by atoms with Crippen molar-refractivity contribution in [1.82, 2.24) is 24.9 Å². The second-order valence-corrected chi connectivity index (χ2v) is 8.74. The van der Waals surface area contributed by atoms with Gasteiger partial charge in [-0.25, -0.2) is 13.9 Å². The van der Waals surface area contributed by atoms with Crippen LogP contribution < -0.4 is 5.32 Å². The number of rotatable bonds is 8. The van der Waals surface area contributed by atoms with Gasteiger partial charge in [0.25, 0.3) is 5.91 Å². The van der Waals surface area contributed by atoms with Crippen molar-refractivity contribution in [3.05, 3.63) is 47.8 Å². The molecule has 2 atom stereocenters. The lowest BCUT2D eigenvalue weighted by Crippen LogP contribution is -2.59. The first-order chi connectivity index (χ1) is 17.5. The van der Waals surface area contributed by atoms with Gasteiger partial charge in [-0.3, -0.25) is 9.59 Å². The van der Waals surface area contributed by atoms with Crippen LogP contribution in [0.5, 0.6) is 0 Å². The predicted octanol–water partition coefficient (Wildman–Crippen LogP) is 3.43. The first kappa shape index (κ1) is 27.9. The summed E-state index contributed by atoms with van der Waals surface area (Å²) < 4.78 is 58.5. The van der Waals surface area contributed by atoms with Gasteiger partial charge in [0.15, 0.2) is 5.69 Å². The molecule has 13 heteroatoms. The normalized spacial score (nSPS) is 18.0. The van der Waals surface area contributed by atoms with E-state index < -0.39 is 36.1 Å². The minimum absolute atomic E-state index is 0.0172. The van der Waals surface area contributed by atoms with Crippen LogP contribution in [0.1, 0.15) is 42.7 Å². The fraction of sp³-hybridized carbons (Fsp3) is 0.500. The van der Waals surface area contributed by atoms with Crippen molar-refractivity contribution in [2.75, 3.05) is 32.9 Å². The molecule has 0 saturated carbocycles. The summed E-state index contributed by atoms with van der Waals surface area (Å²) in [6.45, 7) is 2.87. The van der Waals surface area contributed by atoms with E-state index in [-0.39, 0.29) is 57.1 Å². The fourth-order valence-electron chi connectivity index (χ4n) is 4.31. The molecule has 0 radical (unpaired) electrons. The Morgan fingerprint density at radius 2 is 1.76 bits per heavy atom. The van der Waals surface area contributed by atoms with E-state index in [1.165, 1.54) is 4.90 Å². The van der Waals surface area contributed by atoms with Gasteiger partial charge in [-0.2, -0.15) is 18.3 Å². The van der Waals surface area contributed by atoms with Crippen molar-refractivity contribution in [1.29, 1.82) is 0 Å². The lowest BCUT2D eigenvalue weighted by Gasteiger charge is -2.44. The third-order valence-corrected chi connectivity index (χ3v) is 5.87. The van der Waals surface area contributed by atoms with Gasteiger partial charge in [0.05, 0.1) is 11.3 Å². The third-order valence-electron chi connectivity index (χ3n) is 5.87. The summed E-state index contributed by atoms with van der Waals surface area (Å²) in [4.78, 5) is 40.4. The maximum atomic E-state index is 13.5. The van der Waals surface area contributed by atoms with Crippen LogP contribution in [-0.4, -0.2) is 82.5 Å². The van der Waals surface area contributed by atoms with Crippen LogP contribution in [-0.2, 0) is 15.7 Å². The van der Waals surface area contributed by atoms with Gasteiger partial charge < -0.3 is 19.9 Å². The van der Waals surface area contributed by atoms with E-state index in [1.807, 2.05) is 0 Å². The Morgan fingerprint density at radius 1 is 1.11 bits per heavy atom. The average Bonchev–Trinajstić information content (AvgIpc) is 3.31. The highest BCUT2D eigenvalue weighted by atomic mass is 19.4. The van der Waals surface area contributed by atoms with Crippen LogP contribution in [0, 0.1) is 0 Å². The standard InChI is InChI=1S/C24H29F4N5O4/c1-16-13-31(23(36)37-12-10-25)14-17(2)33(16)20(34)9-6-11-29-22(35)19-15-32(18-7-4-3-5-8-18)30-21(19)24(26,27)28/h3-5,7-8,15-17H,6,9-14H2,1-2H3,(H,29,35). The van der Waals surface area contributed by atoms with Crippen molar-refractivity contribution < 1.29 is 36.7 Å². The van der Waals surface area contributed by atoms with Gasteiger partial charge in [-0.1, -0.05) is 18.2 Å². The second kappa shape index (κ2) is 12.1. The highest BCUT2D eigenvalue weighted by Crippen LogP contribution is 2.31. The smallest absolute Gasteiger partial charge is 0.435 e. The van der Waals surface area contributed by atoms with Crippen LogP contribution in [0.15, 0.2) is 36.5 Å². The van der Waals surface area contributed by atoms with Gasteiger partial charge in [-0.15, -0.1) is 0 Å². The monoisotopic (exact) mass is 527 g/mol. The molecule has 3 rings (SSSR count). The molecule has 0 bridgehead atoms. The van der Waals surface area contributed by atoms with E-state index >= 15 is 0 Å². The summed E-state index contributed by atoms with van der Waals surface area (Å²) in [7, 11) is 0. The Balaban J connectivity index is 1.54. The molecular formula is C24H29F4N5O4. The molecule has 202 valence electrons. The van der Waals surface area contributed by atoms with E-state index in [9.17, 15) is 31.9 Å². The SMILES string of the molecule is CC1CN(C(=O)OCCF)CC(C)N1C(=O)CCCNC(=O)c1cn(-c2ccccc2)nc1C(F)(F)F. The summed E-state index contributed by atoms with van der Waals surface area (Å²) in [5.41, 5.74) is -1.53. The van der Waals surface area contributed by atoms with Crippen molar-refractivity contribution in [2.24, 2.45) is 0 Å². The highest BCUT2D eigenvalue weighted by Gasteiger charge is 2.39. The Hall–Kier alpha value is -3.64. The number of amides is 3. The molecule has 2 heterocycles. The maximum Gasteiger partial charge on any atom is 0.435 e. The molecule has 3 amide bonds. The van der Waals surface area contributed by atoms with Crippen LogP contribution in [0.25, 0.3) is 5.69 Å². The topological polar surface area (TPSA) is 96.8 Å². The molecule has 0 aliphatic carbocycles. The second-order valence-electron chi connectivity index (χ2n) is 8.74.